The summed E-state index contributed by atoms with van der Waals surface area (Å²) in [5, 5.41) is 0. The molecule has 1 aromatic rings. The van der Waals surface area contributed by atoms with Crippen LogP contribution in [0.2, 0.25) is 0 Å². The molecule has 0 bridgehead atoms. The second kappa shape index (κ2) is 4.16. The summed E-state index contributed by atoms with van der Waals surface area (Å²) in [4.78, 5) is 10.7. The molecular weight excluding hydrogens is 207 g/mol. The number of allylic oxidation sites excluding steroid dienone is 1. The maximum Gasteiger partial charge on any atom is 0.195 e. The fourth-order valence-corrected chi connectivity index (χ4v) is 0.921. The van der Waals surface area contributed by atoms with Crippen molar-refractivity contribution >= 4 is 11.9 Å². The predicted molar refractivity (Wildman–Crippen MR) is 49.2 cm³/mol. The number of halogens is 3. The van der Waals surface area contributed by atoms with E-state index in [4.69, 9.17) is 5.73 Å². The molecule has 15 heavy (non-hydrogen) atoms. The molecule has 2 N–H and O–H groups in total. The van der Waals surface area contributed by atoms with Gasteiger partial charge < -0.3 is 5.73 Å². The van der Waals surface area contributed by atoms with Gasteiger partial charge in [0.1, 0.15) is 0 Å². The van der Waals surface area contributed by atoms with Gasteiger partial charge in [0.15, 0.2) is 23.2 Å². The quantitative estimate of drug-likeness (QED) is 0.605. The van der Waals surface area contributed by atoms with Gasteiger partial charge in [-0.05, 0) is 18.2 Å². The van der Waals surface area contributed by atoms with Crippen molar-refractivity contribution in [2.75, 3.05) is 0 Å². The van der Waals surface area contributed by atoms with E-state index in [-0.39, 0.29) is 11.3 Å². The van der Waals surface area contributed by atoms with E-state index in [1.807, 2.05) is 0 Å². The van der Waals surface area contributed by atoms with Crippen LogP contribution in [0.1, 0.15) is 12.5 Å². The van der Waals surface area contributed by atoms with E-state index in [2.05, 4.69) is 0 Å². The zero-order chi connectivity index (χ0) is 11.6. The lowest BCUT2D eigenvalue weighted by atomic mass is 10.1. The van der Waals surface area contributed by atoms with E-state index in [9.17, 15) is 18.0 Å². The normalized spacial score (nSPS) is 11.6. The van der Waals surface area contributed by atoms with Crippen molar-refractivity contribution < 1.29 is 18.0 Å². The number of Topliss-reactive ketones (excluding diaryl/α,β-unsaturated/α-hetero) is 1. The van der Waals surface area contributed by atoms with Crippen LogP contribution in [0.3, 0.4) is 0 Å². The number of carbonyl (C=O) groups excluding carboxylic acids is 1. The Bertz CT molecular complexity index is 441. The molecule has 0 unspecified atom stereocenters. The Balaban J connectivity index is 3.23. The molecule has 0 saturated heterocycles. The molecule has 1 rings (SSSR count). The monoisotopic (exact) mass is 215 g/mol. The summed E-state index contributed by atoms with van der Waals surface area (Å²) in [6.45, 7) is 1.18. The van der Waals surface area contributed by atoms with Gasteiger partial charge in [-0.25, -0.2) is 13.2 Å². The van der Waals surface area contributed by atoms with Crippen LogP contribution in [0.5, 0.6) is 0 Å². The van der Waals surface area contributed by atoms with Gasteiger partial charge in [0.25, 0.3) is 0 Å². The number of ketones is 1. The summed E-state index contributed by atoms with van der Waals surface area (Å²) in [5.41, 5.74) is 4.75. The Morgan fingerprint density at radius 3 is 2.40 bits per heavy atom. The summed E-state index contributed by atoms with van der Waals surface area (Å²) in [6, 6.07) is 1.77. The minimum atomic E-state index is -1.58. The molecule has 5 heteroatoms. The lowest BCUT2D eigenvalue weighted by Gasteiger charge is -2.00. The van der Waals surface area contributed by atoms with Crippen LogP contribution in [0.25, 0.3) is 6.08 Å². The van der Waals surface area contributed by atoms with E-state index in [1.54, 1.807) is 0 Å². The van der Waals surface area contributed by atoms with Crippen molar-refractivity contribution in [1.29, 1.82) is 0 Å². The van der Waals surface area contributed by atoms with Crippen molar-refractivity contribution in [3.8, 4) is 0 Å². The zero-order valence-corrected chi connectivity index (χ0v) is 7.85. The number of hydrogen-bond donors (Lipinski definition) is 1. The van der Waals surface area contributed by atoms with Crippen LogP contribution in [-0.2, 0) is 4.79 Å². The molecule has 0 aliphatic carbocycles. The molecule has 0 aliphatic rings. The summed E-state index contributed by atoms with van der Waals surface area (Å²) < 4.78 is 38.3. The SMILES string of the molecule is CC(=O)/C(N)=C/c1ccc(F)c(F)c1F. The maximum absolute atomic E-state index is 13.1. The average Bonchev–Trinajstić information content (AvgIpc) is 2.18. The van der Waals surface area contributed by atoms with Crippen LogP contribution in [-0.4, -0.2) is 5.78 Å². The molecule has 0 saturated carbocycles. The highest BCUT2D eigenvalue weighted by Gasteiger charge is 2.12. The average molecular weight is 215 g/mol. The van der Waals surface area contributed by atoms with Crippen molar-refractivity contribution in [2.24, 2.45) is 5.73 Å². The summed E-state index contributed by atoms with van der Waals surface area (Å²) in [6.07, 6.45) is 0.959. The highest BCUT2D eigenvalue weighted by molar-refractivity contribution is 5.96. The highest BCUT2D eigenvalue weighted by atomic mass is 19.2. The Morgan fingerprint density at radius 2 is 1.87 bits per heavy atom. The molecule has 0 fully saturated rings. The van der Waals surface area contributed by atoms with Crippen LogP contribution in [0.4, 0.5) is 13.2 Å². The summed E-state index contributed by atoms with van der Waals surface area (Å²) >= 11 is 0. The number of carbonyl (C=O) groups is 1. The van der Waals surface area contributed by atoms with Gasteiger partial charge in [0.05, 0.1) is 5.70 Å². The number of benzene rings is 1. The third-order valence-electron chi connectivity index (χ3n) is 1.78. The van der Waals surface area contributed by atoms with Gasteiger partial charge in [-0.2, -0.15) is 0 Å². The Morgan fingerprint density at radius 1 is 1.27 bits per heavy atom. The number of rotatable bonds is 2. The Kier molecular flexibility index (Phi) is 3.14. The molecule has 80 valence electrons. The van der Waals surface area contributed by atoms with E-state index in [0.717, 1.165) is 18.2 Å². The minimum absolute atomic E-state index is 0.222. The molecule has 0 atom stereocenters. The van der Waals surface area contributed by atoms with Crippen LogP contribution < -0.4 is 5.73 Å². The zero-order valence-electron chi connectivity index (χ0n) is 7.85. The minimum Gasteiger partial charge on any atom is -0.396 e. The first-order chi connectivity index (χ1) is 6.93. The van der Waals surface area contributed by atoms with Gasteiger partial charge in [-0.3, -0.25) is 4.79 Å². The highest BCUT2D eigenvalue weighted by Crippen LogP contribution is 2.17. The fraction of sp³-hybridized carbons (Fsp3) is 0.100. The molecule has 2 nitrogen and oxygen atoms in total. The fourth-order valence-electron chi connectivity index (χ4n) is 0.921. The van der Waals surface area contributed by atoms with Gasteiger partial charge >= 0.3 is 0 Å². The second-order valence-electron chi connectivity index (χ2n) is 2.92. The molecule has 0 aliphatic heterocycles. The van der Waals surface area contributed by atoms with E-state index in [0.29, 0.717) is 0 Å². The summed E-state index contributed by atoms with van der Waals surface area (Å²) in [5.74, 6) is -4.70. The van der Waals surface area contributed by atoms with Gasteiger partial charge in [0.2, 0.25) is 0 Å². The summed E-state index contributed by atoms with van der Waals surface area (Å²) in [7, 11) is 0. The first kappa shape index (κ1) is 11.3. The molecule has 0 heterocycles. The maximum atomic E-state index is 13.1. The first-order valence-electron chi connectivity index (χ1n) is 4.05. The largest absolute Gasteiger partial charge is 0.396 e. The van der Waals surface area contributed by atoms with Gasteiger partial charge in [-0.15, -0.1) is 0 Å². The smallest absolute Gasteiger partial charge is 0.195 e. The topological polar surface area (TPSA) is 43.1 Å². The molecule has 1 aromatic carbocycles. The van der Waals surface area contributed by atoms with Crippen molar-refractivity contribution in [2.45, 2.75) is 6.92 Å². The number of nitrogens with two attached hydrogens (primary N) is 1. The Labute approximate surface area is 84.2 Å². The van der Waals surface area contributed by atoms with E-state index in [1.165, 1.54) is 6.92 Å². The lowest BCUT2D eigenvalue weighted by molar-refractivity contribution is -0.113. The third kappa shape index (κ3) is 2.37. The predicted octanol–water partition coefficient (Wildman–Crippen LogP) is 1.99. The van der Waals surface area contributed by atoms with Crippen molar-refractivity contribution in [1.82, 2.24) is 0 Å². The van der Waals surface area contributed by atoms with Gasteiger partial charge in [0, 0.05) is 12.5 Å². The second-order valence-corrected chi connectivity index (χ2v) is 2.92. The third-order valence-corrected chi connectivity index (χ3v) is 1.78. The Hall–Kier alpha value is -1.78. The van der Waals surface area contributed by atoms with Crippen LogP contribution in [0, 0.1) is 17.5 Å². The molecule has 0 amide bonds. The van der Waals surface area contributed by atoms with Gasteiger partial charge in [-0.1, -0.05) is 0 Å². The first-order valence-corrected chi connectivity index (χ1v) is 4.05. The molecule has 0 spiro atoms. The lowest BCUT2D eigenvalue weighted by Crippen LogP contribution is -2.07. The molecule has 0 aromatic heterocycles. The standard InChI is InChI=1S/C10H8F3NO/c1-5(15)8(14)4-6-2-3-7(11)10(13)9(6)12/h2-4H,14H2,1H3/b8-4-. The van der Waals surface area contributed by atoms with Crippen LogP contribution >= 0.6 is 0 Å². The van der Waals surface area contributed by atoms with Crippen LogP contribution in [0.15, 0.2) is 17.8 Å². The molecular formula is C10H8F3NO. The van der Waals surface area contributed by atoms with Crippen molar-refractivity contribution in [3.05, 3.63) is 40.8 Å². The molecule has 0 radical (unpaired) electrons. The van der Waals surface area contributed by atoms with E-state index >= 15 is 0 Å². The van der Waals surface area contributed by atoms with E-state index < -0.39 is 23.2 Å². The number of hydrogen-bond acceptors (Lipinski definition) is 2. The van der Waals surface area contributed by atoms with Crippen molar-refractivity contribution in [3.63, 3.8) is 0 Å².